The summed E-state index contributed by atoms with van der Waals surface area (Å²) in [4.78, 5) is 48.0. The van der Waals surface area contributed by atoms with Crippen LogP contribution >= 0.6 is 7.82 Å². The minimum absolute atomic E-state index is 0.0421. The van der Waals surface area contributed by atoms with Crippen molar-refractivity contribution in [3.05, 3.63) is 85.1 Å². The Morgan fingerprint density at radius 2 is 0.871 bits per heavy atom. The van der Waals surface area contributed by atoms with Crippen LogP contribution in [0.25, 0.3) is 0 Å². The van der Waals surface area contributed by atoms with Gasteiger partial charge in [-0.25, -0.2) is 4.57 Å². The second kappa shape index (κ2) is 44.3. The van der Waals surface area contributed by atoms with E-state index in [0.29, 0.717) is 19.3 Å². The van der Waals surface area contributed by atoms with Gasteiger partial charge < -0.3 is 24.2 Å². The quantitative estimate of drug-likeness (QED) is 0.0198. The van der Waals surface area contributed by atoms with Crippen molar-refractivity contribution in [3.63, 3.8) is 0 Å². The number of allylic oxidation sites excluding steroid dienone is 14. The van der Waals surface area contributed by atoms with Crippen molar-refractivity contribution in [1.29, 1.82) is 0 Å². The Bertz CT molecular complexity index is 1360. The van der Waals surface area contributed by atoms with Crippen molar-refractivity contribution < 1.29 is 52.2 Å². The molecule has 0 amide bonds. The van der Waals surface area contributed by atoms with Gasteiger partial charge in [0.15, 0.2) is 6.10 Å². The molecule has 0 saturated carbocycles. The fourth-order valence-corrected chi connectivity index (χ4v) is 6.58. The van der Waals surface area contributed by atoms with Crippen LogP contribution in [0.4, 0.5) is 0 Å². The molecule has 0 aliphatic rings. The molecule has 0 bridgehead atoms. The maximum atomic E-state index is 12.8. The highest BCUT2D eigenvalue weighted by Crippen LogP contribution is 2.43. The molecule has 62 heavy (non-hydrogen) atoms. The third-order valence-corrected chi connectivity index (χ3v) is 10.3. The van der Waals surface area contributed by atoms with Crippen molar-refractivity contribution in [2.75, 3.05) is 26.4 Å². The zero-order chi connectivity index (χ0) is 45.6. The zero-order valence-corrected chi connectivity index (χ0v) is 39.4. The van der Waals surface area contributed by atoms with Crippen LogP contribution < -0.4 is 0 Å². The molecule has 2 N–H and O–H groups in total. The predicted molar refractivity (Wildman–Crippen MR) is 251 cm³/mol. The normalized spacial score (nSPS) is 14.3. The van der Waals surface area contributed by atoms with Gasteiger partial charge in [-0.2, -0.15) is 0 Å². The smallest absolute Gasteiger partial charge is 0.462 e. The van der Waals surface area contributed by atoms with Crippen LogP contribution in [0.1, 0.15) is 175 Å². The van der Waals surface area contributed by atoms with Crippen molar-refractivity contribution in [2.24, 2.45) is 0 Å². The lowest BCUT2D eigenvalue weighted by atomic mass is 10.1. The Morgan fingerprint density at radius 1 is 0.468 bits per heavy atom. The van der Waals surface area contributed by atoms with Crippen LogP contribution in [0.3, 0.4) is 0 Å². The average Bonchev–Trinajstić information content (AvgIpc) is 3.25. The number of ether oxygens (including phenoxy) is 3. The van der Waals surface area contributed by atoms with Crippen LogP contribution in [0.15, 0.2) is 85.1 Å². The van der Waals surface area contributed by atoms with Crippen molar-refractivity contribution in [3.8, 4) is 0 Å². The fourth-order valence-electron chi connectivity index (χ4n) is 5.79. The van der Waals surface area contributed by atoms with Gasteiger partial charge in [0.2, 0.25) is 0 Å². The molecule has 0 aromatic carbocycles. The first-order valence-corrected chi connectivity index (χ1v) is 25.0. The summed E-state index contributed by atoms with van der Waals surface area (Å²) in [6.45, 7) is 4.22. The Balaban J connectivity index is 4.85. The molecule has 0 aromatic rings. The van der Waals surface area contributed by atoms with Gasteiger partial charge in [-0.3, -0.25) is 23.4 Å². The van der Waals surface area contributed by atoms with E-state index < -0.39 is 57.8 Å². The number of esters is 3. The van der Waals surface area contributed by atoms with Gasteiger partial charge in [0, 0.05) is 19.3 Å². The summed E-state index contributed by atoms with van der Waals surface area (Å²) in [6, 6.07) is 0. The topological polar surface area (TPSA) is 155 Å². The van der Waals surface area contributed by atoms with E-state index >= 15 is 0 Å². The highest BCUT2D eigenvalue weighted by atomic mass is 31.2. The number of unbranched alkanes of at least 4 members (excludes halogenated alkanes) is 11. The van der Waals surface area contributed by atoms with Crippen LogP contribution in [-0.4, -0.2) is 66.5 Å². The van der Waals surface area contributed by atoms with Crippen molar-refractivity contribution in [1.82, 2.24) is 0 Å². The third kappa shape index (κ3) is 42.0. The Labute approximate surface area is 375 Å². The van der Waals surface area contributed by atoms with Gasteiger partial charge in [0.05, 0.1) is 19.8 Å². The van der Waals surface area contributed by atoms with E-state index in [1.54, 1.807) is 0 Å². The summed E-state index contributed by atoms with van der Waals surface area (Å²) in [7, 11) is -4.76. The molecular weight excluding hydrogens is 808 g/mol. The summed E-state index contributed by atoms with van der Waals surface area (Å²) in [5, 5.41) is 9.73. The molecule has 0 spiro atoms. The van der Waals surface area contributed by atoms with Gasteiger partial charge in [0.25, 0.3) is 0 Å². The standard InChI is InChI=1S/C50H83O11P/c1-4-7-10-13-16-19-21-23-25-28-31-34-37-40-49(53)60-46(42-51)44-58-62(55,56)59-45-47(43-57-48(52)39-36-33-30-27-18-15-12-9-6-3)61-50(54)41-38-35-32-29-26-24-22-20-17-14-11-8-5-2/h7-8,10-11,16-17,19-20,23-26,32,35,46-47,51H,4-6,9,12-15,18,21-22,27-31,33-34,36-45H2,1-3H3,(H,55,56)/b10-7-,11-8-,19-16-,20-17-,25-23-,26-24-,35-32-. The predicted octanol–water partition coefficient (Wildman–Crippen LogP) is 12.8. The van der Waals surface area contributed by atoms with Crippen LogP contribution in [0.5, 0.6) is 0 Å². The van der Waals surface area contributed by atoms with Crippen LogP contribution in [-0.2, 0) is 42.2 Å². The first-order chi connectivity index (χ1) is 30.2. The van der Waals surface area contributed by atoms with Gasteiger partial charge in [-0.1, -0.05) is 164 Å². The van der Waals surface area contributed by atoms with E-state index in [4.69, 9.17) is 23.3 Å². The molecule has 0 fully saturated rings. The van der Waals surface area contributed by atoms with Gasteiger partial charge in [0.1, 0.15) is 12.7 Å². The number of phosphoric ester groups is 1. The molecule has 0 rings (SSSR count). The monoisotopic (exact) mass is 891 g/mol. The number of hydrogen-bond donors (Lipinski definition) is 2. The molecule has 11 nitrogen and oxygen atoms in total. The van der Waals surface area contributed by atoms with Crippen molar-refractivity contribution in [2.45, 2.75) is 187 Å². The highest BCUT2D eigenvalue weighted by Gasteiger charge is 2.28. The number of phosphoric acid groups is 1. The number of hydrogen-bond acceptors (Lipinski definition) is 10. The third-order valence-electron chi connectivity index (χ3n) is 9.33. The number of carbonyl (C=O) groups is 3. The Morgan fingerprint density at radius 3 is 1.39 bits per heavy atom. The van der Waals surface area contributed by atoms with Crippen LogP contribution in [0.2, 0.25) is 0 Å². The first-order valence-electron chi connectivity index (χ1n) is 23.5. The maximum absolute atomic E-state index is 12.8. The maximum Gasteiger partial charge on any atom is 0.472 e. The average molecular weight is 891 g/mol. The molecule has 0 radical (unpaired) electrons. The molecule has 354 valence electrons. The lowest BCUT2D eigenvalue weighted by Crippen LogP contribution is -2.30. The molecule has 0 heterocycles. The second-order valence-corrected chi connectivity index (χ2v) is 16.6. The van der Waals surface area contributed by atoms with E-state index in [1.165, 1.54) is 32.1 Å². The Hall–Kier alpha value is -3.34. The number of aliphatic hydroxyl groups excluding tert-OH is 1. The van der Waals surface area contributed by atoms with E-state index in [1.807, 2.05) is 12.2 Å². The molecule has 0 aliphatic carbocycles. The van der Waals surface area contributed by atoms with Gasteiger partial charge >= 0.3 is 25.7 Å². The Kier molecular flexibility index (Phi) is 41.9. The largest absolute Gasteiger partial charge is 0.472 e. The minimum Gasteiger partial charge on any atom is -0.462 e. The molecule has 3 unspecified atom stereocenters. The molecule has 0 aliphatic heterocycles. The van der Waals surface area contributed by atoms with Gasteiger partial charge in [-0.05, 0) is 77.0 Å². The molecule has 3 atom stereocenters. The molecule has 0 saturated heterocycles. The number of aliphatic hydroxyl groups is 1. The fraction of sp³-hybridized carbons (Fsp3) is 0.660. The molecular formula is C50H83O11P. The van der Waals surface area contributed by atoms with E-state index in [2.05, 4.69) is 93.7 Å². The van der Waals surface area contributed by atoms with Crippen molar-refractivity contribution >= 4 is 25.7 Å². The van der Waals surface area contributed by atoms with Gasteiger partial charge in [-0.15, -0.1) is 0 Å². The van der Waals surface area contributed by atoms with Crippen LogP contribution in [0, 0.1) is 0 Å². The summed E-state index contributed by atoms with van der Waals surface area (Å²) < 4.78 is 39.0. The number of rotatable bonds is 42. The highest BCUT2D eigenvalue weighted by molar-refractivity contribution is 7.47. The molecule has 12 heteroatoms. The zero-order valence-electron chi connectivity index (χ0n) is 38.6. The van der Waals surface area contributed by atoms with E-state index in [9.17, 15) is 28.9 Å². The summed E-state index contributed by atoms with van der Waals surface area (Å²) >= 11 is 0. The summed E-state index contributed by atoms with van der Waals surface area (Å²) in [5.41, 5.74) is 0. The number of carbonyl (C=O) groups excluding carboxylic acids is 3. The lowest BCUT2D eigenvalue weighted by molar-refractivity contribution is -0.161. The van der Waals surface area contributed by atoms with E-state index in [-0.39, 0.29) is 25.9 Å². The summed E-state index contributed by atoms with van der Waals surface area (Å²) in [5.74, 6) is -1.61. The van der Waals surface area contributed by atoms with E-state index in [0.717, 1.165) is 83.5 Å². The SMILES string of the molecule is CC/C=C\C/C=C\C/C=C\C/C=C\CCC(=O)OC(COC(=O)CCCCCCCCCCC)COP(=O)(O)OCC(CO)OC(=O)CCCCC/C=C\C/C=C\C/C=C\CC. The first kappa shape index (κ1) is 58.7. The molecule has 0 aromatic heterocycles. The summed E-state index contributed by atoms with van der Waals surface area (Å²) in [6.07, 6.45) is 47.4. The second-order valence-electron chi connectivity index (χ2n) is 15.2. The minimum atomic E-state index is -4.76. The lowest BCUT2D eigenvalue weighted by Gasteiger charge is -2.21.